The normalized spacial score (nSPS) is 14.4. The molecule has 118 valence electrons. The smallest absolute Gasteiger partial charge is 0.193 e. The summed E-state index contributed by atoms with van der Waals surface area (Å²) in [5.41, 5.74) is 0. The predicted molar refractivity (Wildman–Crippen MR) is 93.8 cm³/mol. The Morgan fingerprint density at radius 2 is 1.95 bits per heavy atom. The van der Waals surface area contributed by atoms with Gasteiger partial charge in [0.2, 0.25) is 0 Å². The molecule has 1 rings (SSSR count). The average Bonchev–Trinajstić information content (AvgIpc) is 2.34. The number of benzene rings is 1. The summed E-state index contributed by atoms with van der Waals surface area (Å²) in [7, 11) is -1.81. The Labute approximate surface area is 135 Å². The fourth-order valence-electron chi connectivity index (χ4n) is 1.63. The van der Waals surface area contributed by atoms with Crippen LogP contribution >= 0.6 is 11.6 Å². The Balaban J connectivity index is 2.71. The highest BCUT2D eigenvalue weighted by molar-refractivity contribution is 6.74. The highest BCUT2D eigenvalue weighted by atomic mass is 35.5. The summed E-state index contributed by atoms with van der Waals surface area (Å²) >= 11 is 5.97. The monoisotopic (exact) mass is 326 g/mol. The molecule has 0 N–H and O–H groups in total. The van der Waals surface area contributed by atoms with Crippen LogP contribution in [0.25, 0.3) is 0 Å². The third-order valence-corrected chi connectivity index (χ3v) is 8.61. The van der Waals surface area contributed by atoms with Crippen molar-refractivity contribution in [2.24, 2.45) is 0 Å². The molecule has 0 fully saturated rings. The lowest BCUT2D eigenvalue weighted by atomic mass is 10.2. The summed E-state index contributed by atoms with van der Waals surface area (Å²) in [5, 5.41) is 0.864. The van der Waals surface area contributed by atoms with Crippen LogP contribution in [-0.4, -0.2) is 21.0 Å². The van der Waals surface area contributed by atoms with E-state index < -0.39 is 8.32 Å². The summed E-state index contributed by atoms with van der Waals surface area (Å²) in [6.45, 7) is 13.7. The van der Waals surface area contributed by atoms with Crippen molar-refractivity contribution >= 4 is 19.9 Å². The van der Waals surface area contributed by atoms with E-state index in [1.165, 1.54) is 0 Å². The van der Waals surface area contributed by atoms with E-state index in [0.29, 0.717) is 11.6 Å². The zero-order valence-corrected chi connectivity index (χ0v) is 15.7. The van der Waals surface area contributed by atoms with Gasteiger partial charge in [-0.25, -0.2) is 0 Å². The molecular formula is C17H27ClO2Si. The minimum Gasteiger partial charge on any atom is -0.491 e. The quantitative estimate of drug-likeness (QED) is 0.494. The largest absolute Gasteiger partial charge is 0.491 e. The molecule has 4 heteroatoms. The summed E-state index contributed by atoms with van der Waals surface area (Å²) in [4.78, 5) is 0. The maximum absolute atomic E-state index is 6.39. The van der Waals surface area contributed by atoms with Crippen molar-refractivity contribution < 1.29 is 9.16 Å². The van der Waals surface area contributed by atoms with Crippen molar-refractivity contribution in [1.29, 1.82) is 0 Å². The second-order valence-corrected chi connectivity index (χ2v) is 11.9. The van der Waals surface area contributed by atoms with Crippen molar-refractivity contribution in [2.45, 2.75) is 51.9 Å². The van der Waals surface area contributed by atoms with E-state index in [4.69, 9.17) is 20.8 Å². The average molecular weight is 327 g/mol. The summed E-state index contributed by atoms with van der Waals surface area (Å²) < 4.78 is 12.2. The van der Waals surface area contributed by atoms with Crippen LogP contribution in [0.1, 0.15) is 27.7 Å². The van der Waals surface area contributed by atoms with E-state index in [-0.39, 0.29) is 11.1 Å². The fourth-order valence-corrected chi connectivity index (χ4v) is 3.07. The molecule has 0 unspecified atom stereocenters. The highest BCUT2D eigenvalue weighted by Gasteiger charge is 2.38. The summed E-state index contributed by atoms with van der Waals surface area (Å²) in [6, 6.07) is 7.45. The zero-order chi connectivity index (χ0) is 16.1. The van der Waals surface area contributed by atoms with Gasteiger partial charge in [0, 0.05) is 5.02 Å². The fraction of sp³-hybridized carbons (Fsp3) is 0.529. The van der Waals surface area contributed by atoms with Crippen LogP contribution in [0.15, 0.2) is 36.4 Å². The van der Waals surface area contributed by atoms with Crippen LogP contribution in [0.5, 0.6) is 5.75 Å². The minimum absolute atomic E-state index is 0.0325. The van der Waals surface area contributed by atoms with Gasteiger partial charge in [0.15, 0.2) is 8.32 Å². The van der Waals surface area contributed by atoms with Crippen LogP contribution < -0.4 is 4.74 Å². The molecule has 0 heterocycles. The molecule has 0 aliphatic carbocycles. The van der Waals surface area contributed by atoms with Crippen molar-refractivity contribution in [3.05, 3.63) is 41.4 Å². The molecule has 0 amide bonds. The predicted octanol–water partition coefficient (Wildman–Crippen LogP) is 5.69. The molecule has 0 saturated heterocycles. The lowest BCUT2D eigenvalue weighted by Gasteiger charge is -2.38. The second kappa shape index (κ2) is 7.48. The number of allylic oxidation sites excluding steroid dienone is 1. The third-order valence-electron chi connectivity index (χ3n) is 3.87. The van der Waals surface area contributed by atoms with Crippen LogP contribution in [0.3, 0.4) is 0 Å². The topological polar surface area (TPSA) is 18.5 Å². The maximum Gasteiger partial charge on any atom is 0.193 e. The SMILES string of the molecule is C/C=C/[C@H](COc1cccc(Cl)c1)O[Si](C)(C)C(C)(C)C. The van der Waals surface area contributed by atoms with E-state index in [0.717, 1.165) is 5.75 Å². The molecule has 0 saturated carbocycles. The van der Waals surface area contributed by atoms with Gasteiger partial charge >= 0.3 is 0 Å². The first-order chi connectivity index (χ1) is 9.65. The molecule has 21 heavy (non-hydrogen) atoms. The number of ether oxygens (including phenoxy) is 1. The molecule has 0 aliphatic heterocycles. The number of hydrogen-bond donors (Lipinski definition) is 0. The third kappa shape index (κ3) is 5.85. The maximum atomic E-state index is 6.39. The summed E-state index contributed by atoms with van der Waals surface area (Å²) in [5.74, 6) is 0.774. The number of halogens is 1. The van der Waals surface area contributed by atoms with Crippen molar-refractivity contribution in [3.8, 4) is 5.75 Å². The first-order valence-electron chi connectivity index (χ1n) is 7.35. The molecule has 1 aromatic rings. The van der Waals surface area contributed by atoms with Gasteiger partial charge in [0.1, 0.15) is 12.4 Å². The minimum atomic E-state index is -1.81. The Morgan fingerprint density at radius 1 is 1.29 bits per heavy atom. The number of hydrogen-bond acceptors (Lipinski definition) is 2. The van der Waals surface area contributed by atoms with Gasteiger partial charge in [-0.15, -0.1) is 0 Å². The molecule has 1 atom stereocenters. The molecule has 0 spiro atoms. The van der Waals surface area contributed by atoms with Crippen LogP contribution in [0, 0.1) is 0 Å². The molecular weight excluding hydrogens is 300 g/mol. The van der Waals surface area contributed by atoms with Crippen molar-refractivity contribution in [3.63, 3.8) is 0 Å². The van der Waals surface area contributed by atoms with Crippen molar-refractivity contribution in [1.82, 2.24) is 0 Å². The van der Waals surface area contributed by atoms with Crippen LogP contribution in [0.4, 0.5) is 0 Å². The van der Waals surface area contributed by atoms with Crippen LogP contribution in [-0.2, 0) is 4.43 Å². The lowest BCUT2D eigenvalue weighted by molar-refractivity contribution is 0.150. The first-order valence-corrected chi connectivity index (χ1v) is 10.6. The Kier molecular flexibility index (Phi) is 6.51. The standard InChI is InChI=1S/C17H27ClO2Si/c1-7-9-16(20-21(5,6)17(2,3)4)13-19-15-11-8-10-14(18)12-15/h7-12,16H,13H2,1-6H3/b9-7+/t16-/m1/s1. The van der Waals surface area contributed by atoms with E-state index in [1.54, 1.807) is 0 Å². The van der Waals surface area contributed by atoms with Gasteiger partial charge in [-0.3, -0.25) is 0 Å². The molecule has 0 bridgehead atoms. The van der Waals surface area contributed by atoms with Gasteiger partial charge in [-0.2, -0.15) is 0 Å². The molecule has 0 radical (unpaired) electrons. The molecule has 0 aromatic heterocycles. The van der Waals surface area contributed by atoms with Gasteiger partial charge in [0.05, 0.1) is 6.10 Å². The lowest BCUT2D eigenvalue weighted by Crippen LogP contribution is -2.44. The number of rotatable bonds is 6. The highest BCUT2D eigenvalue weighted by Crippen LogP contribution is 2.37. The van der Waals surface area contributed by atoms with E-state index >= 15 is 0 Å². The van der Waals surface area contributed by atoms with Gasteiger partial charge in [0.25, 0.3) is 0 Å². The first kappa shape index (κ1) is 18.3. The van der Waals surface area contributed by atoms with Crippen molar-refractivity contribution in [2.75, 3.05) is 6.61 Å². The van der Waals surface area contributed by atoms with Gasteiger partial charge in [-0.05, 0) is 43.3 Å². The van der Waals surface area contributed by atoms with Crippen LogP contribution in [0.2, 0.25) is 23.2 Å². The summed E-state index contributed by atoms with van der Waals surface area (Å²) in [6.07, 6.45) is 4.04. The second-order valence-electron chi connectivity index (χ2n) is 6.71. The Morgan fingerprint density at radius 3 is 2.48 bits per heavy atom. The Bertz CT molecular complexity index is 478. The molecule has 0 aliphatic rings. The molecule has 2 nitrogen and oxygen atoms in total. The Hall–Kier alpha value is -0.773. The van der Waals surface area contributed by atoms with E-state index in [1.807, 2.05) is 37.3 Å². The van der Waals surface area contributed by atoms with Gasteiger partial charge < -0.3 is 9.16 Å². The van der Waals surface area contributed by atoms with Gasteiger partial charge in [-0.1, -0.05) is 50.6 Å². The molecule has 1 aromatic carbocycles. The van der Waals surface area contributed by atoms with E-state index in [2.05, 4.69) is 39.9 Å². The zero-order valence-electron chi connectivity index (χ0n) is 13.9. The van der Waals surface area contributed by atoms with E-state index in [9.17, 15) is 0 Å².